The lowest BCUT2D eigenvalue weighted by Gasteiger charge is -2.32. The van der Waals surface area contributed by atoms with Crippen molar-refractivity contribution in [3.63, 3.8) is 0 Å². The highest BCUT2D eigenvalue weighted by atomic mass is 19.4. The molecule has 3 N–H and O–H groups in total. The van der Waals surface area contributed by atoms with E-state index in [1.54, 1.807) is 24.4 Å². The van der Waals surface area contributed by atoms with Gasteiger partial charge < -0.3 is 20.5 Å². The molecule has 0 unspecified atom stereocenters. The maximum Gasteiger partial charge on any atom is 0.406 e. The molecule has 4 aromatic rings. The molecule has 0 aliphatic carbocycles. The molecule has 9 nitrogen and oxygen atoms in total. The number of nitrogens with one attached hydrogen (secondary N) is 1. The normalized spacial score (nSPS) is 19.8. The summed E-state index contributed by atoms with van der Waals surface area (Å²) >= 11 is 0. The van der Waals surface area contributed by atoms with Gasteiger partial charge in [0.1, 0.15) is 29.6 Å². The van der Waals surface area contributed by atoms with Gasteiger partial charge in [-0.1, -0.05) is 0 Å². The number of piperidine rings is 1. The molecule has 13 heteroatoms. The highest BCUT2D eigenvalue weighted by Crippen LogP contribution is 2.30. The van der Waals surface area contributed by atoms with Gasteiger partial charge in [0.05, 0.1) is 11.7 Å². The molecule has 0 aromatic carbocycles. The Labute approximate surface area is 191 Å². The van der Waals surface area contributed by atoms with Gasteiger partial charge in [-0.3, -0.25) is 0 Å². The van der Waals surface area contributed by atoms with Crippen LogP contribution < -0.4 is 11.1 Å². The number of nitrogens with zero attached hydrogens (tertiary/aromatic N) is 7. The molecule has 4 aromatic heterocycles. The second-order valence-electron chi connectivity index (χ2n) is 8.56. The van der Waals surface area contributed by atoms with Crippen LogP contribution in [0.4, 0.5) is 29.3 Å². The maximum atomic E-state index is 14.4. The number of fused-ring (bicyclic) bond motifs is 2. The number of anilines is 2. The van der Waals surface area contributed by atoms with Crippen LogP contribution in [0.3, 0.4) is 0 Å². The van der Waals surface area contributed by atoms with Crippen LogP contribution in [-0.2, 0) is 6.54 Å². The number of nitrogen functional groups attached to an aromatic ring is 1. The summed E-state index contributed by atoms with van der Waals surface area (Å²) in [7, 11) is 1.87. The number of halogens is 4. The monoisotopic (exact) mass is 477 g/mol. The molecule has 180 valence electrons. The van der Waals surface area contributed by atoms with Crippen LogP contribution in [0.25, 0.3) is 27.9 Å². The van der Waals surface area contributed by atoms with Crippen LogP contribution in [0.2, 0.25) is 0 Å². The third-order valence-corrected chi connectivity index (χ3v) is 5.99. The third kappa shape index (κ3) is 4.11. The van der Waals surface area contributed by atoms with Gasteiger partial charge in [-0.25, -0.2) is 18.9 Å². The number of nitrogens with two attached hydrogens (primary N) is 1. The van der Waals surface area contributed by atoms with Crippen molar-refractivity contribution in [3.05, 3.63) is 30.2 Å². The predicted octanol–water partition coefficient (Wildman–Crippen LogP) is 3.05. The van der Waals surface area contributed by atoms with E-state index in [4.69, 9.17) is 5.73 Å². The van der Waals surface area contributed by atoms with E-state index >= 15 is 0 Å². The number of aryl methyl sites for hydroxylation is 1. The zero-order valence-electron chi connectivity index (χ0n) is 18.5. The first-order valence-corrected chi connectivity index (χ1v) is 10.7. The van der Waals surface area contributed by atoms with Crippen LogP contribution in [0, 0.1) is 6.92 Å². The summed E-state index contributed by atoms with van der Waals surface area (Å²) in [6.45, 7) is 1.40. The molecule has 5 heterocycles. The van der Waals surface area contributed by atoms with Gasteiger partial charge in [-0.2, -0.15) is 18.2 Å². The summed E-state index contributed by atoms with van der Waals surface area (Å²) in [6.07, 6.45) is -3.22. The average Bonchev–Trinajstić information content (AvgIpc) is 3.30. The molecule has 34 heavy (non-hydrogen) atoms. The highest BCUT2D eigenvalue weighted by molar-refractivity contribution is 5.88. The molecule has 0 saturated carbocycles. The smallest absolute Gasteiger partial charge is 0.382 e. The molecule has 0 spiro atoms. The van der Waals surface area contributed by atoms with Crippen LogP contribution in [0.5, 0.6) is 0 Å². The Bertz CT molecular complexity index is 1360. The van der Waals surface area contributed by atoms with Gasteiger partial charge in [0.15, 0.2) is 11.5 Å². The summed E-state index contributed by atoms with van der Waals surface area (Å²) < 4.78 is 56.1. The first-order valence-electron chi connectivity index (χ1n) is 10.7. The number of imidazole rings is 1. The van der Waals surface area contributed by atoms with Gasteiger partial charge >= 0.3 is 6.18 Å². The van der Waals surface area contributed by atoms with Gasteiger partial charge in [0, 0.05) is 24.8 Å². The Kier molecular flexibility index (Phi) is 5.30. The van der Waals surface area contributed by atoms with Crippen molar-refractivity contribution in [1.29, 1.82) is 0 Å². The molecule has 0 amide bonds. The van der Waals surface area contributed by atoms with E-state index in [9.17, 15) is 17.6 Å². The fourth-order valence-corrected chi connectivity index (χ4v) is 4.34. The first kappa shape index (κ1) is 22.3. The molecule has 5 rings (SSSR count). The quantitative estimate of drug-likeness (QED) is 0.436. The average molecular weight is 477 g/mol. The second kappa shape index (κ2) is 8.08. The number of rotatable bonds is 4. The lowest BCUT2D eigenvalue weighted by atomic mass is 10.0. The topological polar surface area (TPSA) is 102 Å². The SMILES string of the molecule is Cc1nc2ccc(-c3ccn4nc(N[C@H]5CCN(C)C[C@H]5F)nc(N)c34)nc2n1CC(F)(F)F. The number of alkyl halides is 4. The van der Waals surface area contributed by atoms with Crippen molar-refractivity contribution >= 4 is 28.4 Å². The van der Waals surface area contributed by atoms with E-state index in [1.807, 2.05) is 11.9 Å². The van der Waals surface area contributed by atoms with Crippen molar-refractivity contribution in [2.24, 2.45) is 0 Å². The van der Waals surface area contributed by atoms with Crippen molar-refractivity contribution < 1.29 is 17.6 Å². The Morgan fingerprint density at radius 2 is 1.97 bits per heavy atom. The van der Waals surface area contributed by atoms with E-state index in [2.05, 4.69) is 25.4 Å². The minimum Gasteiger partial charge on any atom is -0.382 e. The van der Waals surface area contributed by atoms with Gasteiger partial charge in [-0.15, -0.1) is 5.10 Å². The van der Waals surface area contributed by atoms with Crippen molar-refractivity contribution in [3.8, 4) is 11.3 Å². The number of likely N-dealkylation sites (tertiary alicyclic amines) is 1. The first-order chi connectivity index (χ1) is 16.1. The van der Waals surface area contributed by atoms with Crippen LogP contribution >= 0.6 is 0 Å². The van der Waals surface area contributed by atoms with Crippen LogP contribution in [0.1, 0.15) is 12.2 Å². The minimum absolute atomic E-state index is 0.126. The number of hydrogen-bond acceptors (Lipinski definition) is 7. The third-order valence-electron chi connectivity index (χ3n) is 5.99. The molecular formula is C21H23F4N9. The second-order valence-corrected chi connectivity index (χ2v) is 8.56. The largest absolute Gasteiger partial charge is 0.406 e. The lowest BCUT2D eigenvalue weighted by molar-refractivity contribution is -0.140. The molecule has 0 bridgehead atoms. The van der Waals surface area contributed by atoms with Crippen molar-refractivity contribution in [2.75, 3.05) is 31.2 Å². The standard InChI is InChI=1S/C21H23F4N9/c1-11-27-16-4-3-14(28-19(16)33(11)10-21(23,24)25)12-5-8-34-17(12)18(26)30-20(31-34)29-15-6-7-32(2)9-13(15)22/h3-5,8,13,15H,6-7,9-10H2,1-2H3,(H3,26,29,30,31)/t13-,15+/m1/s1. The maximum absolute atomic E-state index is 14.4. The summed E-state index contributed by atoms with van der Waals surface area (Å²) in [4.78, 5) is 14.9. The number of hydrogen-bond donors (Lipinski definition) is 2. The van der Waals surface area contributed by atoms with E-state index in [1.165, 1.54) is 11.4 Å². The molecule has 0 radical (unpaired) electrons. The van der Waals surface area contributed by atoms with Gasteiger partial charge in [-0.05, 0) is 38.6 Å². The number of aromatic nitrogens is 6. The van der Waals surface area contributed by atoms with Gasteiger partial charge in [0.25, 0.3) is 0 Å². The Morgan fingerprint density at radius 1 is 1.18 bits per heavy atom. The predicted molar refractivity (Wildman–Crippen MR) is 119 cm³/mol. The summed E-state index contributed by atoms with van der Waals surface area (Å²) in [6, 6.07) is 4.57. The fraction of sp³-hybridized carbons (Fsp3) is 0.429. The Morgan fingerprint density at radius 3 is 2.71 bits per heavy atom. The van der Waals surface area contributed by atoms with Crippen molar-refractivity contribution in [2.45, 2.75) is 38.3 Å². The fourth-order valence-electron chi connectivity index (χ4n) is 4.34. The van der Waals surface area contributed by atoms with Gasteiger partial charge in [0.2, 0.25) is 5.95 Å². The zero-order chi connectivity index (χ0) is 24.2. The zero-order valence-corrected chi connectivity index (χ0v) is 18.5. The van der Waals surface area contributed by atoms with E-state index in [-0.39, 0.29) is 23.2 Å². The summed E-state index contributed by atoms with van der Waals surface area (Å²) in [5.41, 5.74) is 8.14. The molecular weight excluding hydrogens is 454 g/mol. The molecule has 1 aliphatic heterocycles. The molecule has 2 atom stereocenters. The van der Waals surface area contributed by atoms with Crippen LogP contribution in [-0.4, -0.2) is 72.6 Å². The summed E-state index contributed by atoms with van der Waals surface area (Å²) in [5, 5.41) is 7.43. The lowest BCUT2D eigenvalue weighted by Crippen LogP contribution is -2.46. The molecule has 1 saturated heterocycles. The van der Waals surface area contributed by atoms with E-state index in [0.29, 0.717) is 35.3 Å². The summed E-state index contributed by atoms with van der Waals surface area (Å²) in [5.74, 6) is 0.562. The van der Waals surface area contributed by atoms with Crippen molar-refractivity contribution in [1.82, 2.24) is 34.0 Å². The molecule has 1 fully saturated rings. The Balaban J connectivity index is 1.50. The Hall–Kier alpha value is -3.48. The van der Waals surface area contributed by atoms with Crippen LogP contribution in [0.15, 0.2) is 24.4 Å². The van der Waals surface area contributed by atoms with E-state index in [0.717, 1.165) is 11.1 Å². The van der Waals surface area contributed by atoms with E-state index < -0.39 is 24.9 Å². The highest BCUT2D eigenvalue weighted by Gasteiger charge is 2.30. The minimum atomic E-state index is -4.41. The molecule has 1 aliphatic rings. The number of pyridine rings is 1.